The number of benzene rings is 1. The van der Waals surface area contributed by atoms with Crippen molar-refractivity contribution >= 4 is 34.8 Å². The number of carbonyl (C=O) groups excluding carboxylic acids is 2. The molecule has 5 nitrogen and oxygen atoms in total. The molecule has 0 aliphatic carbocycles. The van der Waals surface area contributed by atoms with E-state index >= 15 is 0 Å². The van der Waals surface area contributed by atoms with Crippen LogP contribution in [0.5, 0.6) is 0 Å². The van der Waals surface area contributed by atoms with E-state index in [1.165, 1.54) is 6.92 Å². The third-order valence-electron chi connectivity index (χ3n) is 3.44. The number of nitrogens with two attached hydrogens (primary N) is 1. The number of halogens is 6. The van der Waals surface area contributed by atoms with E-state index in [1.54, 1.807) is 0 Å². The average Bonchev–Trinajstić information content (AvgIpc) is 2.56. The predicted octanol–water partition coefficient (Wildman–Crippen LogP) is 4.19. The van der Waals surface area contributed by atoms with E-state index in [2.05, 4.69) is 10.3 Å². The predicted molar refractivity (Wildman–Crippen MR) is 87.4 cm³/mol. The number of nitrogens with zero attached hydrogens (tertiary/aromatic N) is 1. The summed E-state index contributed by atoms with van der Waals surface area (Å²) >= 11 is 5.69. The van der Waals surface area contributed by atoms with Crippen LogP contribution in [0.15, 0.2) is 18.2 Å². The Balaban J connectivity index is 2.84. The largest absolute Gasteiger partial charge is 0.434 e. The minimum absolute atomic E-state index is 0.125. The summed E-state index contributed by atoms with van der Waals surface area (Å²) in [6.07, 6.45) is -5.24. The molecule has 1 aromatic carbocycles. The van der Waals surface area contributed by atoms with Crippen LogP contribution in [0.25, 0.3) is 0 Å². The maximum Gasteiger partial charge on any atom is 0.434 e. The van der Waals surface area contributed by atoms with Gasteiger partial charge in [0.05, 0.1) is 21.8 Å². The summed E-state index contributed by atoms with van der Waals surface area (Å²) in [5, 5.41) is 0.854. The molecule has 3 N–H and O–H groups in total. The van der Waals surface area contributed by atoms with Gasteiger partial charge in [-0.1, -0.05) is 24.6 Å². The van der Waals surface area contributed by atoms with Crippen molar-refractivity contribution in [1.82, 2.24) is 4.98 Å². The molecule has 1 amide bonds. The summed E-state index contributed by atoms with van der Waals surface area (Å²) in [5.74, 6) is -5.79. The monoisotopic (exact) mass is 407 g/mol. The SMILES string of the molecule is CCC(=O)Nc1c(N)nc(C(F)(F)F)c(Cl)c1C(=O)c1c(F)cccc1F. The summed E-state index contributed by atoms with van der Waals surface area (Å²) in [6, 6.07) is 2.44. The standard InChI is InChI=1S/C16H11ClF5N3O2/c1-2-8(26)24-12-10(11(17)14(16(20,21)22)25-15(12)23)13(27)9-6(18)4-3-5-7(9)19/h3-5H,2H2,1H3,(H2,23,25)(H,24,26). The summed E-state index contributed by atoms with van der Waals surface area (Å²) in [5.41, 5.74) is 0.913. The topological polar surface area (TPSA) is 85.1 Å². The lowest BCUT2D eigenvalue weighted by molar-refractivity contribution is -0.141. The lowest BCUT2D eigenvalue weighted by Gasteiger charge is -2.18. The van der Waals surface area contributed by atoms with Crippen LogP contribution in [0.4, 0.5) is 33.5 Å². The van der Waals surface area contributed by atoms with Gasteiger partial charge in [0.2, 0.25) is 11.7 Å². The molecule has 144 valence electrons. The first-order valence-corrected chi connectivity index (χ1v) is 7.71. The first kappa shape index (κ1) is 20.6. The second-order valence-corrected chi connectivity index (χ2v) is 5.61. The van der Waals surface area contributed by atoms with E-state index in [4.69, 9.17) is 17.3 Å². The van der Waals surface area contributed by atoms with Gasteiger partial charge in [-0.3, -0.25) is 9.59 Å². The van der Waals surface area contributed by atoms with Crippen molar-refractivity contribution in [1.29, 1.82) is 0 Å². The van der Waals surface area contributed by atoms with Gasteiger partial charge in [-0.25, -0.2) is 13.8 Å². The molecule has 0 atom stereocenters. The Morgan fingerprint density at radius 1 is 1.19 bits per heavy atom. The number of amides is 1. The van der Waals surface area contributed by atoms with Crippen LogP contribution in [-0.2, 0) is 11.0 Å². The Bertz CT molecular complexity index is 911. The number of alkyl halides is 3. The van der Waals surface area contributed by atoms with Crippen LogP contribution in [0.1, 0.15) is 35.0 Å². The molecule has 11 heteroatoms. The molecular weight excluding hydrogens is 397 g/mol. The van der Waals surface area contributed by atoms with Crippen molar-refractivity contribution in [2.24, 2.45) is 0 Å². The fraction of sp³-hybridized carbons (Fsp3) is 0.188. The highest BCUT2D eigenvalue weighted by atomic mass is 35.5. The van der Waals surface area contributed by atoms with Gasteiger partial charge in [0.25, 0.3) is 0 Å². The van der Waals surface area contributed by atoms with Gasteiger partial charge in [-0.15, -0.1) is 0 Å². The van der Waals surface area contributed by atoms with Crippen LogP contribution in [-0.4, -0.2) is 16.7 Å². The van der Waals surface area contributed by atoms with E-state index in [9.17, 15) is 31.5 Å². The van der Waals surface area contributed by atoms with Crippen LogP contribution in [0, 0.1) is 11.6 Å². The van der Waals surface area contributed by atoms with Gasteiger partial charge in [0.1, 0.15) is 17.5 Å². The second kappa shape index (κ2) is 7.47. The maximum atomic E-state index is 14.0. The number of rotatable bonds is 4. The molecular formula is C16H11ClF5N3O2. The van der Waals surface area contributed by atoms with Crippen molar-refractivity contribution in [3.8, 4) is 0 Å². The highest BCUT2D eigenvalue weighted by Gasteiger charge is 2.40. The number of hydrogen-bond donors (Lipinski definition) is 2. The first-order valence-electron chi connectivity index (χ1n) is 7.33. The van der Waals surface area contributed by atoms with Gasteiger partial charge >= 0.3 is 6.18 Å². The molecule has 0 saturated carbocycles. The van der Waals surface area contributed by atoms with Crippen LogP contribution < -0.4 is 11.1 Å². The first-order chi connectivity index (χ1) is 12.5. The number of aromatic nitrogens is 1. The molecule has 0 saturated heterocycles. The molecule has 2 rings (SSSR count). The Labute approximate surface area is 154 Å². The molecule has 0 aliphatic heterocycles. The average molecular weight is 408 g/mol. The van der Waals surface area contributed by atoms with Crippen molar-refractivity contribution in [3.63, 3.8) is 0 Å². The fourth-order valence-electron chi connectivity index (χ4n) is 2.18. The Morgan fingerprint density at radius 2 is 1.74 bits per heavy atom. The zero-order valence-electron chi connectivity index (χ0n) is 13.5. The third-order valence-corrected chi connectivity index (χ3v) is 3.80. The van der Waals surface area contributed by atoms with Crippen molar-refractivity contribution in [2.45, 2.75) is 19.5 Å². The third kappa shape index (κ3) is 4.00. The van der Waals surface area contributed by atoms with Gasteiger partial charge in [-0.05, 0) is 12.1 Å². The molecule has 0 fully saturated rings. The minimum Gasteiger partial charge on any atom is -0.382 e. The van der Waals surface area contributed by atoms with E-state index in [-0.39, 0.29) is 6.42 Å². The zero-order chi connectivity index (χ0) is 20.5. The summed E-state index contributed by atoms with van der Waals surface area (Å²) in [6.45, 7) is 1.42. The van der Waals surface area contributed by atoms with Gasteiger partial charge in [-0.2, -0.15) is 13.2 Å². The number of nitrogens with one attached hydrogen (secondary N) is 1. The van der Waals surface area contributed by atoms with Gasteiger partial charge in [0, 0.05) is 6.42 Å². The lowest BCUT2D eigenvalue weighted by Crippen LogP contribution is -2.21. The lowest BCUT2D eigenvalue weighted by atomic mass is 9.99. The quantitative estimate of drug-likeness (QED) is 0.588. The highest BCUT2D eigenvalue weighted by molar-refractivity contribution is 6.37. The number of anilines is 2. The minimum atomic E-state index is -5.11. The normalized spacial score (nSPS) is 11.4. The number of carbonyl (C=O) groups is 2. The summed E-state index contributed by atoms with van der Waals surface area (Å²) in [4.78, 5) is 27.4. The van der Waals surface area contributed by atoms with Gasteiger partial charge in [0.15, 0.2) is 5.69 Å². The van der Waals surface area contributed by atoms with E-state index in [0.717, 1.165) is 18.2 Å². The Kier molecular flexibility index (Phi) is 5.69. The van der Waals surface area contributed by atoms with Gasteiger partial charge < -0.3 is 11.1 Å². The fourth-order valence-corrected chi connectivity index (χ4v) is 2.51. The number of ketones is 1. The molecule has 1 heterocycles. The second-order valence-electron chi connectivity index (χ2n) is 5.23. The van der Waals surface area contributed by atoms with E-state index in [0.29, 0.717) is 0 Å². The number of hydrogen-bond acceptors (Lipinski definition) is 4. The van der Waals surface area contributed by atoms with E-state index in [1.807, 2.05) is 0 Å². The molecule has 0 aliphatic rings. The van der Waals surface area contributed by atoms with Crippen molar-refractivity contribution < 1.29 is 31.5 Å². The number of nitrogen functional groups attached to an aromatic ring is 1. The molecule has 1 aromatic heterocycles. The molecule has 0 radical (unpaired) electrons. The highest BCUT2D eigenvalue weighted by Crippen LogP contribution is 2.41. The summed E-state index contributed by atoms with van der Waals surface area (Å²) < 4.78 is 67.3. The Hall–Kier alpha value is -2.75. The van der Waals surface area contributed by atoms with Crippen LogP contribution in [0.2, 0.25) is 5.02 Å². The molecule has 0 spiro atoms. The van der Waals surface area contributed by atoms with Crippen molar-refractivity contribution in [3.05, 3.63) is 51.7 Å². The van der Waals surface area contributed by atoms with Crippen LogP contribution in [0.3, 0.4) is 0 Å². The maximum absolute atomic E-state index is 14.0. The molecule has 27 heavy (non-hydrogen) atoms. The van der Waals surface area contributed by atoms with Crippen molar-refractivity contribution in [2.75, 3.05) is 11.1 Å². The molecule has 0 bridgehead atoms. The van der Waals surface area contributed by atoms with E-state index < -0.39 is 62.8 Å². The Morgan fingerprint density at radius 3 is 2.22 bits per heavy atom. The molecule has 2 aromatic rings. The zero-order valence-corrected chi connectivity index (χ0v) is 14.3. The molecule has 0 unspecified atom stereocenters. The smallest absolute Gasteiger partial charge is 0.382 e. The number of pyridine rings is 1. The summed E-state index contributed by atoms with van der Waals surface area (Å²) in [7, 11) is 0. The van der Waals surface area contributed by atoms with Crippen LogP contribution >= 0.6 is 11.6 Å².